The number of carbonyl (C=O) groups is 2. The van der Waals surface area contributed by atoms with Crippen molar-refractivity contribution in [1.82, 2.24) is 4.90 Å². The molecule has 0 spiro atoms. The van der Waals surface area contributed by atoms with Gasteiger partial charge in [0.05, 0.1) is 13.2 Å². The van der Waals surface area contributed by atoms with Crippen molar-refractivity contribution < 1.29 is 23.8 Å². The van der Waals surface area contributed by atoms with E-state index in [2.05, 4.69) is 5.32 Å². The lowest BCUT2D eigenvalue weighted by Gasteiger charge is -2.24. The lowest BCUT2D eigenvalue weighted by Crippen LogP contribution is -2.33. The Hall–Kier alpha value is -3.22. The molecule has 0 heterocycles. The van der Waals surface area contributed by atoms with Crippen molar-refractivity contribution in [3.05, 3.63) is 53.6 Å². The van der Waals surface area contributed by atoms with E-state index in [1.165, 1.54) is 12.0 Å². The second-order valence-electron chi connectivity index (χ2n) is 8.52. The van der Waals surface area contributed by atoms with Gasteiger partial charge in [-0.15, -0.1) is 0 Å². The fourth-order valence-electron chi connectivity index (χ4n) is 2.79. The van der Waals surface area contributed by atoms with Crippen molar-refractivity contribution in [2.24, 2.45) is 0 Å². The molecule has 0 aliphatic rings. The molecule has 0 saturated carbocycles. The Morgan fingerprint density at radius 1 is 1.06 bits per heavy atom. The first-order chi connectivity index (χ1) is 14.5. The summed E-state index contributed by atoms with van der Waals surface area (Å²) in [6.07, 6.45) is -0.409. The zero-order chi connectivity index (χ0) is 23.2. The van der Waals surface area contributed by atoms with Crippen LogP contribution >= 0.6 is 0 Å². The van der Waals surface area contributed by atoms with Crippen molar-refractivity contribution in [3.63, 3.8) is 0 Å². The molecule has 168 valence electrons. The smallest absolute Gasteiger partial charge is 0.410 e. The highest BCUT2D eigenvalue weighted by Crippen LogP contribution is 2.29. The van der Waals surface area contributed by atoms with Gasteiger partial charge in [0.2, 0.25) is 0 Å². The number of rotatable bonds is 7. The quantitative estimate of drug-likeness (QED) is 0.664. The number of ether oxygens (including phenoxy) is 3. The van der Waals surface area contributed by atoms with Crippen molar-refractivity contribution in [2.75, 3.05) is 19.5 Å². The topological polar surface area (TPSA) is 77.1 Å². The van der Waals surface area contributed by atoms with Crippen molar-refractivity contribution >= 4 is 17.7 Å². The summed E-state index contributed by atoms with van der Waals surface area (Å²) < 4.78 is 16.4. The molecule has 0 aliphatic heterocycles. The number of hydrogen-bond donors (Lipinski definition) is 1. The van der Waals surface area contributed by atoms with Gasteiger partial charge in [0, 0.05) is 24.8 Å². The second kappa shape index (κ2) is 10.2. The Kier molecular flexibility index (Phi) is 7.91. The van der Waals surface area contributed by atoms with Crippen LogP contribution in [0.5, 0.6) is 11.5 Å². The van der Waals surface area contributed by atoms with Crippen LogP contribution in [-0.4, -0.2) is 42.8 Å². The van der Waals surface area contributed by atoms with Crippen LogP contribution in [0.1, 0.15) is 50.5 Å². The van der Waals surface area contributed by atoms with Crippen LogP contribution in [0.3, 0.4) is 0 Å². The number of nitrogens with one attached hydrogen (secondary N) is 1. The van der Waals surface area contributed by atoms with Gasteiger partial charge in [-0.05, 0) is 70.5 Å². The Morgan fingerprint density at radius 2 is 1.77 bits per heavy atom. The van der Waals surface area contributed by atoms with Gasteiger partial charge in [-0.1, -0.05) is 12.1 Å². The van der Waals surface area contributed by atoms with E-state index in [1.54, 1.807) is 31.3 Å². The number of benzene rings is 2. The van der Waals surface area contributed by atoms with Gasteiger partial charge in [-0.25, -0.2) is 4.79 Å². The van der Waals surface area contributed by atoms with Crippen LogP contribution in [0, 0.1) is 0 Å². The van der Waals surface area contributed by atoms with Gasteiger partial charge in [0.1, 0.15) is 5.60 Å². The maximum atomic E-state index is 12.7. The van der Waals surface area contributed by atoms with Crippen LogP contribution in [0.25, 0.3) is 0 Å². The highest BCUT2D eigenvalue weighted by molar-refractivity contribution is 6.04. The Bertz CT molecular complexity index is 918. The number of methoxy groups -OCH3 is 1. The summed E-state index contributed by atoms with van der Waals surface area (Å²) in [5, 5.41) is 2.88. The van der Waals surface area contributed by atoms with Gasteiger partial charge in [0.25, 0.3) is 5.91 Å². The average Bonchev–Trinajstić information content (AvgIpc) is 2.66. The summed E-state index contributed by atoms with van der Waals surface area (Å²) in [7, 11) is 3.21. The molecule has 0 saturated heterocycles. The molecule has 0 unspecified atom stereocenters. The fraction of sp³-hybridized carbons (Fsp3) is 0.417. The summed E-state index contributed by atoms with van der Waals surface area (Å²) in [5.41, 5.74) is 1.38. The standard InChI is InChI=1S/C24H32N2O5/c1-16(2)30-20-12-11-18(14-21(20)29-7)22(27)25-19-10-8-9-17(13-19)15-26(6)23(28)31-24(3,4)5/h8-14,16H,15H2,1-7H3,(H,25,27). The molecule has 7 nitrogen and oxygen atoms in total. The van der Waals surface area contributed by atoms with E-state index >= 15 is 0 Å². The molecule has 0 aromatic heterocycles. The third-order valence-corrected chi connectivity index (χ3v) is 4.10. The summed E-state index contributed by atoms with van der Waals surface area (Å²) in [5.74, 6) is 0.808. The van der Waals surface area contributed by atoms with Crippen LogP contribution in [0.15, 0.2) is 42.5 Å². The minimum absolute atomic E-state index is 0.00451. The summed E-state index contributed by atoms with van der Waals surface area (Å²) in [6.45, 7) is 9.68. The lowest BCUT2D eigenvalue weighted by molar-refractivity contribution is 0.0285. The molecule has 2 amide bonds. The molecule has 31 heavy (non-hydrogen) atoms. The van der Waals surface area contributed by atoms with Gasteiger partial charge >= 0.3 is 6.09 Å². The zero-order valence-corrected chi connectivity index (χ0v) is 19.3. The number of carbonyl (C=O) groups excluding carboxylic acids is 2. The number of amides is 2. The SMILES string of the molecule is COc1cc(C(=O)Nc2cccc(CN(C)C(=O)OC(C)(C)C)c2)ccc1OC(C)C. The predicted molar refractivity (Wildman–Crippen MR) is 121 cm³/mol. The highest BCUT2D eigenvalue weighted by Gasteiger charge is 2.20. The highest BCUT2D eigenvalue weighted by atomic mass is 16.6. The van der Waals surface area contributed by atoms with E-state index in [9.17, 15) is 9.59 Å². The van der Waals surface area contributed by atoms with E-state index in [-0.39, 0.29) is 12.0 Å². The molecule has 0 fully saturated rings. The van der Waals surface area contributed by atoms with Gasteiger partial charge < -0.3 is 24.4 Å². The first-order valence-corrected chi connectivity index (χ1v) is 10.2. The predicted octanol–water partition coefficient (Wildman–Crippen LogP) is 5.10. The third kappa shape index (κ3) is 7.51. The second-order valence-corrected chi connectivity index (χ2v) is 8.52. The van der Waals surface area contributed by atoms with E-state index in [0.29, 0.717) is 29.3 Å². The first kappa shape index (κ1) is 24.1. The van der Waals surface area contributed by atoms with E-state index in [1.807, 2.05) is 52.8 Å². The van der Waals surface area contributed by atoms with Gasteiger partial charge in [-0.3, -0.25) is 4.79 Å². The monoisotopic (exact) mass is 428 g/mol. The number of anilines is 1. The van der Waals surface area contributed by atoms with Crippen molar-refractivity contribution in [2.45, 2.75) is 52.9 Å². The molecular weight excluding hydrogens is 396 g/mol. The first-order valence-electron chi connectivity index (χ1n) is 10.2. The van der Waals surface area contributed by atoms with Crippen molar-refractivity contribution in [1.29, 1.82) is 0 Å². The van der Waals surface area contributed by atoms with E-state index in [4.69, 9.17) is 14.2 Å². The Balaban J connectivity index is 2.08. The molecule has 2 rings (SSSR count). The molecular formula is C24H32N2O5. The number of hydrogen-bond acceptors (Lipinski definition) is 5. The summed E-state index contributed by atoms with van der Waals surface area (Å²) >= 11 is 0. The molecule has 2 aromatic rings. The van der Waals surface area contributed by atoms with E-state index < -0.39 is 11.7 Å². The zero-order valence-electron chi connectivity index (χ0n) is 19.3. The Morgan fingerprint density at radius 3 is 2.39 bits per heavy atom. The van der Waals surface area contributed by atoms with Crippen LogP contribution in [0.2, 0.25) is 0 Å². The molecule has 0 bridgehead atoms. The molecule has 1 N–H and O–H groups in total. The van der Waals surface area contributed by atoms with Crippen LogP contribution < -0.4 is 14.8 Å². The fourth-order valence-corrected chi connectivity index (χ4v) is 2.79. The molecule has 2 aromatic carbocycles. The van der Waals surface area contributed by atoms with Crippen molar-refractivity contribution in [3.8, 4) is 11.5 Å². The minimum Gasteiger partial charge on any atom is -0.493 e. The number of nitrogens with zero attached hydrogens (tertiary/aromatic N) is 1. The lowest BCUT2D eigenvalue weighted by atomic mass is 10.1. The normalized spacial score (nSPS) is 11.1. The van der Waals surface area contributed by atoms with Crippen LogP contribution in [-0.2, 0) is 11.3 Å². The minimum atomic E-state index is -0.558. The maximum Gasteiger partial charge on any atom is 0.410 e. The van der Waals surface area contributed by atoms with Gasteiger partial charge in [0.15, 0.2) is 11.5 Å². The molecule has 0 radical (unpaired) electrons. The van der Waals surface area contributed by atoms with E-state index in [0.717, 1.165) is 5.56 Å². The molecule has 0 aliphatic carbocycles. The third-order valence-electron chi connectivity index (χ3n) is 4.10. The van der Waals surface area contributed by atoms with Gasteiger partial charge in [-0.2, -0.15) is 0 Å². The van der Waals surface area contributed by atoms with Crippen LogP contribution in [0.4, 0.5) is 10.5 Å². The summed E-state index contributed by atoms with van der Waals surface area (Å²) in [6, 6.07) is 12.4. The average molecular weight is 429 g/mol. The molecule has 7 heteroatoms. The Labute approximate surface area is 184 Å². The summed E-state index contributed by atoms with van der Waals surface area (Å²) in [4.78, 5) is 26.4. The maximum absolute atomic E-state index is 12.7. The molecule has 0 atom stereocenters. The largest absolute Gasteiger partial charge is 0.493 e.